The zero-order valence-electron chi connectivity index (χ0n) is 11.3. The van der Waals surface area contributed by atoms with Crippen molar-refractivity contribution in [3.8, 4) is 0 Å². The molecule has 0 bridgehead atoms. The number of nitrogens with zero attached hydrogens (tertiary/aromatic N) is 2. The smallest absolute Gasteiger partial charge is 0.325 e. The molecule has 1 N–H and O–H groups in total. The van der Waals surface area contributed by atoms with E-state index in [4.69, 9.17) is 0 Å². The molecule has 1 aromatic rings. The zero-order chi connectivity index (χ0) is 14.7. The summed E-state index contributed by atoms with van der Waals surface area (Å²) in [7, 11) is 0. The maximum atomic E-state index is 13.8. The van der Waals surface area contributed by atoms with Crippen LogP contribution in [0.15, 0.2) is 24.3 Å². The minimum atomic E-state index is -1.08. The van der Waals surface area contributed by atoms with Crippen LogP contribution in [-0.2, 0) is 9.59 Å². The van der Waals surface area contributed by atoms with Gasteiger partial charge in [-0.2, -0.15) is 0 Å². The van der Waals surface area contributed by atoms with Crippen LogP contribution in [-0.4, -0.2) is 53.0 Å². The minimum absolute atomic E-state index is 0.0255. The third-order valence-electron chi connectivity index (χ3n) is 3.56. The van der Waals surface area contributed by atoms with E-state index in [0.717, 1.165) is 0 Å². The van der Waals surface area contributed by atoms with E-state index in [1.165, 1.54) is 25.1 Å². The van der Waals surface area contributed by atoms with E-state index in [9.17, 15) is 19.1 Å². The maximum Gasteiger partial charge on any atom is 0.325 e. The fourth-order valence-corrected chi connectivity index (χ4v) is 2.48. The molecular weight excluding hydrogens is 263 g/mol. The van der Waals surface area contributed by atoms with Gasteiger partial charge in [0.2, 0.25) is 5.91 Å². The molecule has 0 radical (unpaired) electrons. The Labute approximate surface area is 116 Å². The van der Waals surface area contributed by atoms with Crippen LogP contribution in [0, 0.1) is 5.82 Å². The first-order chi connectivity index (χ1) is 9.50. The Hall–Kier alpha value is -1.95. The van der Waals surface area contributed by atoms with Crippen LogP contribution in [0.1, 0.15) is 18.5 Å². The minimum Gasteiger partial charge on any atom is -0.480 e. The molecule has 1 saturated heterocycles. The molecule has 6 heteroatoms. The standard InChI is InChI=1S/C14H17FN2O3/c1-10(18)16-6-8-17(9-7-16)13(14(19)20)11-4-2-3-5-12(11)15/h2-5,13H,6-9H2,1H3,(H,19,20). The van der Waals surface area contributed by atoms with Crippen molar-refractivity contribution in [3.05, 3.63) is 35.6 Å². The first-order valence-electron chi connectivity index (χ1n) is 6.47. The molecule has 0 spiro atoms. The number of carboxylic acid groups (broad SMARTS) is 1. The second-order valence-electron chi connectivity index (χ2n) is 4.80. The van der Waals surface area contributed by atoms with E-state index in [2.05, 4.69) is 0 Å². The summed E-state index contributed by atoms with van der Waals surface area (Å²) in [6.45, 7) is 3.26. The number of halogens is 1. The van der Waals surface area contributed by atoms with Crippen molar-refractivity contribution in [1.82, 2.24) is 9.80 Å². The van der Waals surface area contributed by atoms with Gasteiger partial charge in [0.1, 0.15) is 11.9 Å². The van der Waals surface area contributed by atoms with Gasteiger partial charge in [-0.25, -0.2) is 4.39 Å². The first-order valence-corrected chi connectivity index (χ1v) is 6.47. The van der Waals surface area contributed by atoms with Gasteiger partial charge < -0.3 is 10.0 Å². The van der Waals surface area contributed by atoms with Crippen molar-refractivity contribution >= 4 is 11.9 Å². The predicted octanol–water partition coefficient (Wildman–Crippen LogP) is 1.12. The average molecular weight is 280 g/mol. The van der Waals surface area contributed by atoms with Crippen molar-refractivity contribution in [2.45, 2.75) is 13.0 Å². The van der Waals surface area contributed by atoms with E-state index in [0.29, 0.717) is 26.2 Å². The highest BCUT2D eigenvalue weighted by atomic mass is 19.1. The zero-order valence-corrected chi connectivity index (χ0v) is 11.3. The Bertz CT molecular complexity index is 513. The second kappa shape index (κ2) is 6.00. The van der Waals surface area contributed by atoms with Crippen molar-refractivity contribution in [1.29, 1.82) is 0 Å². The number of piperazine rings is 1. The van der Waals surface area contributed by atoms with E-state index >= 15 is 0 Å². The van der Waals surface area contributed by atoms with Gasteiger partial charge in [-0.05, 0) is 6.07 Å². The van der Waals surface area contributed by atoms with Gasteiger partial charge in [-0.3, -0.25) is 14.5 Å². The monoisotopic (exact) mass is 280 g/mol. The molecule has 0 saturated carbocycles. The summed E-state index contributed by atoms with van der Waals surface area (Å²) in [5.41, 5.74) is 0.163. The van der Waals surface area contributed by atoms with E-state index in [1.807, 2.05) is 0 Å². The molecule has 0 aromatic heterocycles. The predicted molar refractivity (Wildman–Crippen MR) is 70.6 cm³/mol. The fraction of sp³-hybridized carbons (Fsp3) is 0.429. The highest BCUT2D eigenvalue weighted by molar-refractivity contribution is 5.76. The number of carbonyl (C=O) groups is 2. The van der Waals surface area contributed by atoms with Crippen LogP contribution in [0.2, 0.25) is 0 Å². The van der Waals surface area contributed by atoms with Crippen LogP contribution < -0.4 is 0 Å². The van der Waals surface area contributed by atoms with E-state index < -0.39 is 17.8 Å². The van der Waals surface area contributed by atoms with Gasteiger partial charge in [0.15, 0.2) is 0 Å². The summed E-state index contributed by atoms with van der Waals surface area (Å²) in [5, 5.41) is 9.39. The first kappa shape index (κ1) is 14.5. The lowest BCUT2D eigenvalue weighted by Crippen LogP contribution is -2.50. The molecule has 5 nitrogen and oxygen atoms in total. The summed E-state index contributed by atoms with van der Waals surface area (Å²) in [5.74, 6) is -1.62. The normalized spacial score (nSPS) is 17.8. The topological polar surface area (TPSA) is 60.9 Å². The summed E-state index contributed by atoms with van der Waals surface area (Å²) >= 11 is 0. The summed E-state index contributed by atoms with van der Waals surface area (Å²) < 4.78 is 13.8. The SMILES string of the molecule is CC(=O)N1CCN(C(C(=O)O)c2ccccc2F)CC1. The third-order valence-corrected chi connectivity index (χ3v) is 3.56. The summed E-state index contributed by atoms with van der Waals surface area (Å²) in [6.07, 6.45) is 0. The Balaban J connectivity index is 2.18. The lowest BCUT2D eigenvalue weighted by molar-refractivity contribution is -0.145. The molecule has 2 rings (SSSR count). The molecule has 0 aliphatic carbocycles. The van der Waals surface area contributed by atoms with Gasteiger partial charge in [-0.1, -0.05) is 18.2 Å². The number of hydrogen-bond acceptors (Lipinski definition) is 3. The molecule has 1 amide bonds. The van der Waals surface area contributed by atoms with Gasteiger partial charge >= 0.3 is 5.97 Å². The number of amides is 1. The molecule has 1 aromatic carbocycles. The van der Waals surface area contributed by atoms with Crippen LogP contribution in [0.3, 0.4) is 0 Å². The van der Waals surface area contributed by atoms with Crippen molar-refractivity contribution in [3.63, 3.8) is 0 Å². The van der Waals surface area contributed by atoms with Crippen LogP contribution in [0.4, 0.5) is 4.39 Å². The molecule has 1 aliphatic heterocycles. The molecule has 1 atom stereocenters. The Morgan fingerprint density at radius 1 is 1.20 bits per heavy atom. The van der Waals surface area contributed by atoms with Crippen molar-refractivity contribution < 1.29 is 19.1 Å². The fourth-order valence-electron chi connectivity index (χ4n) is 2.48. The lowest BCUT2D eigenvalue weighted by Gasteiger charge is -2.37. The Morgan fingerprint density at radius 2 is 1.80 bits per heavy atom. The highest BCUT2D eigenvalue weighted by Crippen LogP contribution is 2.24. The summed E-state index contributed by atoms with van der Waals surface area (Å²) in [4.78, 5) is 26.1. The van der Waals surface area contributed by atoms with Gasteiger partial charge in [-0.15, -0.1) is 0 Å². The molecule has 1 aliphatic rings. The molecular formula is C14H17FN2O3. The molecule has 20 heavy (non-hydrogen) atoms. The average Bonchev–Trinajstić information content (AvgIpc) is 2.41. The van der Waals surface area contributed by atoms with Crippen molar-refractivity contribution in [2.24, 2.45) is 0 Å². The molecule has 108 valence electrons. The maximum absolute atomic E-state index is 13.8. The number of benzene rings is 1. The molecule has 1 fully saturated rings. The number of rotatable bonds is 3. The number of carboxylic acids is 1. The third kappa shape index (κ3) is 2.96. The van der Waals surface area contributed by atoms with Crippen LogP contribution in [0.25, 0.3) is 0 Å². The highest BCUT2D eigenvalue weighted by Gasteiger charge is 2.32. The van der Waals surface area contributed by atoms with Gasteiger partial charge in [0.25, 0.3) is 0 Å². The van der Waals surface area contributed by atoms with Gasteiger partial charge in [0, 0.05) is 38.7 Å². The molecule has 1 unspecified atom stereocenters. The molecule has 1 heterocycles. The Kier molecular flexibility index (Phi) is 4.34. The quantitative estimate of drug-likeness (QED) is 0.901. The second-order valence-corrected chi connectivity index (χ2v) is 4.80. The lowest BCUT2D eigenvalue weighted by atomic mass is 10.0. The van der Waals surface area contributed by atoms with Crippen LogP contribution >= 0.6 is 0 Å². The Morgan fingerprint density at radius 3 is 2.30 bits per heavy atom. The van der Waals surface area contributed by atoms with E-state index in [-0.39, 0.29) is 11.5 Å². The number of carbonyl (C=O) groups excluding carboxylic acids is 1. The number of hydrogen-bond donors (Lipinski definition) is 1. The van der Waals surface area contributed by atoms with Crippen LogP contribution in [0.5, 0.6) is 0 Å². The largest absolute Gasteiger partial charge is 0.480 e. The van der Waals surface area contributed by atoms with E-state index in [1.54, 1.807) is 15.9 Å². The summed E-state index contributed by atoms with van der Waals surface area (Å²) in [6, 6.07) is 4.90. The van der Waals surface area contributed by atoms with Gasteiger partial charge in [0.05, 0.1) is 0 Å². The van der Waals surface area contributed by atoms with Crippen molar-refractivity contribution in [2.75, 3.05) is 26.2 Å². The number of aliphatic carboxylic acids is 1.